The first-order valence-electron chi connectivity index (χ1n) is 6.63. The molecular weight excluding hydrogens is 286 g/mol. The van der Waals surface area contributed by atoms with Crippen LogP contribution in [0.4, 0.5) is 5.69 Å². The van der Waals surface area contributed by atoms with Gasteiger partial charge in [0.25, 0.3) is 0 Å². The number of hydrogen-bond donors (Lipinski definition) is 2. The highest BCUT2D eigenvalue weighted by molar-refractivity contribution is 6.31. The highest BCUT2D eigenvalue weighted by atomic mass is 35.5. The van der Waals surface area contributed by atoms with Gasteiger partial charge in [-0.2, -0.15) is 0 Å². The van der Waals surface area contributed by atoms with E-state index < -0.39 is 0 Å². The number of carbonyl (C=O) groups excluding carboxylic acids is 1. The lowest BCUT2D eigenvalue weighted by molar-refractivity contribution is -0.119. The largest absolute Gasteiger partial charge is 0.399 e. The maximum absolute atomic E-state index is 11.3. The molecule has 2 rings (SSSR count). The molecule has 0 saturated heterocycles. The summed E-state index contributed by atoms with van der Waals surface area (Å²) in [6, 6.07) is 15.2. The van der Waals surface area contributed by atoms with Crippen LogP contribution in [0.2, 0.25) is 5.02 Å². The van der Waals surface area contributed by atoms with Crippen molar-refractivity contribution in [2.24, 2.45) is 5.73 Å². The molecule has 0 atom stereocenters. The minimum Gasteiger partial charge on any atom is -0.399 e. The molecule has 0 aliphatic heterocycles. The number of nitrogen functional groups attached to an aromatic ring is 1. The molecular formula is C16H18ClN3O. The summed E-state index contributed by atoms with van der Waals surface area (Å²) in [5, 5.41) is 0.680. The Bertz CT molecular complexity index is 630. The van der Waals surface area contributed by atoms with Gasteiger partial charge in [0, 0.05) is 23.8 Å². The average molecular weight is 304 g/mol. The van der Waals surface area contributed by atoms with Crippen molar-refractivity contribution in [3.05, 3.63) is 64.7 Å². The van der Waals surface area contributed by atoms with Crippen LogP contribution < -0.4 is 11.5 Å². The number of anilines is 1. The number of nitrogens with two attached hydrogens (primary N) is 2. The van der Waals surface area contributed by atoms with Gasteiger partial charge in [-0.15, -0.1) is 0 Å². The molecule has 4 N–H and O–H groups in total. The van der Waals surface area contributed by atoms with E-state index in [2.05, 4.69) is 0 Å². The number of hydrogen-bond acceptors (Lipinski definition) is 3. The minimum absolute atomic E-state index is 0.167. The molecule has 0 aromatic heterocycles. The average Bonchev–Trinajstić information content (AvgIpc) is 2.40. The van der Waals surface area contributed by atoms with Crippen molar-refractivity contribution in [1.82, 2.24) is 4.90 Å². The summed E-state index contributed by atoms with van der Waals surface area (Å²) in [6.45, 7) is 1.30. The Labute approximate surface area is 129 Å². The van der Waals surface area contributed by atoms with E-state index in [1.807, 2.05) is 53.4 Å². The van der Waals surface area contributed by atoms with Gasteiger partial charge in [-0.25, -0.2) is 0 Å². The predicted molar refractivity (Wildman–Crippen MR) is 85.6 cm³/mol. The smallest absolute Gasteiger partial charge is 0.231 e. The van der Waals surface area contributed by atoms with Gasteiger partial charge >= 0.3 is 0 Å². The molecule has 21 heavy (non-hydrogen) atoms. The zero-order chi connectivity index (χ0) is 15.2. The van der Waals surface area contributed by atoms with Crippen molar-refractivity contribution < 1.29 is 4.79 Å². The first-order valence-corrected chi connectivity index (χ1v) is 7.01. The van der Waals surface area contributed by atoms with E-state index in [9.17, 15) is 4.79 Å². The first-order chi connectivity index (χ1) is 10.0. The summed E-state index contributed by atoms with van der Waals surface area (Å²) in [4.78, 5) is 13.2. The Morgan fingerprint density at radius 1 is 1.10 bits per heavy atom. The van der Waals surface area contributed by atoms with Crippen LogP contribution in [0.3, 0.4) is 0 Å². The van der Waals surface area contributed by atoms with E-state index in [-0.39, 0.29) is 12.5 Å². The number of benzene rings is 2. The van der Waals surface area contributed by atoms with Gasteiger partial charge in [0.15, 0.2) is 0 Å². The van der Waals surface area contributed by atoms with Gasteiger partial charge in [-0.3, -0.25) is 9.69 Å². The van der Waals surface area contributed by atoms with Crippen LogP contribution in [0.5, 0.6) is 0 Å². The van der Waals surface area contributed by atoms with Gasteiger partial charge < -0.3 is 11.5 Å². The van der Waals surface area contributed by atoms with Crippen LogP contribution in [0.1, 0.15) is 11.1 Å². The van der Waals surface area contributed by atoms with Crippen LogP contribution in [-0.2, 0) is 17.9 Å². The Balaban J connectivity index is 2.15. The molecule has 0 saturated carbocycles. The topological polar surface area (TPSA) is 72.4 Å². The van der Waals surface area contributed by atoms with E-state index in [1.54, 1.807) is 0 Å². The zero-order valence-electron chi connectivity index (χ0n) is 11.6. The summed E-state index contributed by atoms with van der Waals surface area (Å²) in [6.07, 6.45) is 0. The maximum Gasteiger partial charge on any atom is 0.231 e. The van der Waals surface area contributed by atoms with E-state index in [0.29, 0.717) is 23.8 Å². The third kappa shape index (κ3) is 4.77. The molecule has 1 amide bonds. The van der Waals surface area contributed by atoms with Gasteiger partial charge in [0.2, 0.25) is 5.91 Å². The molecule has 2 aromatic carbocycles. The molecule has 0 heterocycles. The number of rotatable bonds is 6. The quantitative estimate of drug-likeness (QED) is 0.805. The van der Waals surface area contributed by atoms with Gasteiger partial charge in [0.1, 0.15) is 0 Å². The van der Waals surface area contributed by atoms with Crippen molar-refractivity contribution in [1.29, 1.82) is 0 Å². The van der Waals surface area contributed by atoms with Gasteiger partial charge in [0.05, 0.1) is 6.54 Å². The van der Waals surface area contributed by atoms with Crippen LogP contribution in [-0.4, -0.2) is 17.4 Å². The monoisotopic (exact) mass is 303 g/mol. The second-order valence-electron chi connectivity index (χ2n) is 4.95. The lowest BCUT2D eigenvalue weighted by Crippen LogP contribution is -2.33. The molecule has 0 aliphatic rings. The predicted octanol–water partition coefficient (Wildman–Crippen LogP) is 2.41. The van der Waals surface area contributed by atoms with Gasteiger partial charge in [-0.1, -0.05) is 41.9 Å². The Morgan fingerprint density at radius 3 is 2.52 bits per heavy atom. The fourth-order valence-corrected chi connectivity index (χ4v) is 2.40. The number of nitrogens with zero attached hydrogens (tertiary/aromatic N) is 1. The SMILES string of the molecule is NC(=O)CN(Cc1cccc(N)c1)Cc1ccccc1Cl. The fraction of sp³-hybridized carbons (Fsp3) is 0.188. The third-order valence-electron chi connectivity index (χ3n) is 3.09. The highest BCUT2D eigenvalue weighted by Gasteiger charge is 2.12. The first kappa shape index (κ1) is 15.4. The van der Waals surface area contributed by atoms with Crippen molar-refractivity contribution in [2.45, 2.75) is 13.1 Å². The van der Waals surface area contributed by atoms with E-state index >= 15 is 0 Å². The third-order valence-corrected chi connectivity index (χ3v) is 3.46. The van der Waals surface area contributed by atoms with Crippen LogP contribution in [0.15, 0.2) is 48.5 Å². The molecule has 110 valence electrons. The summed E-state index contributed by atoms with van der Waals surface area (Å²) >= 11 is 6.17. The Kier molecular flexibility index (Phi) is 5.20. The molecule has 5 heteroatoms. The summed E-state index contributed by atoms with van der Waals surface area (Å²) in [5.41, 5.74) is 13.8. The molecule has 0 radical (unpaired) electrons. The van der Waals surface area contributed by atoms with Crippen LogP contribution in [0.25, 0.3) is 0 Å². The molecule has 0 unspecified atom stereocenters. The molecule has 4 nitrogen and oxygen atoms in total. The highest BCUT2D eigenvalue weighted by Crippen LogP contribution is 2.18. The Hall–Kier alpha value is -2.04. The molecule has 0 fully saturated rings. The second kappa shape index (κ2) is 7.11. The van der Waals surface area contributed by atoms with Crippen molar-refractivity contribution in [3.8, 4) is 0 Å². The normalized spacial score (nSPS) is 10.8. The molecule has 0 aliphatic carbocycles. The summed E-state index contributed by atoms with van der Waals surface area (Å²) < 4.78 is 0. The van der Waals surface area contributed by atoms with Crippen molar-refractivity contribution >= 4 is 23.2 Å². The maximum atomic E-state index is 11.3. The fourth-order valence-electron chi connectivity index (χ4n) is 2.21. The van der Waals surface area contributed by atoms with Crippen molar-refractivity contribution in [3.63, 3.8) is 0 Å². The lowest BCUT2D eigenvalue weighted by Gasteiger charge is -2.21. The number of halogens is 1. The van der Waals surface area contributed by atoms with Crippen LogP contribution >= 0.6 is 11.6 Å². The minimum atomic E-state index is -0.369. The van der Waals surface area contributed by atoms with E-state index in [1.165, 1.54) is 0 Å². The van der Waals surface area contributed by atoms with Crippen LogP contribution in [0, 0.1) is 0 Å². The molecule has 0 spiro atoms. The van der Waals surface area contributed by atoms with E-state index in [4.69, 9.17) is 23.1 Å². The molecule has 2 aromatic rings. The standard InChI is InChI=1S/C16H18ClN3O/c17-15-7-2-1-5-13(15)10-20(11-16(19)21)9-12-4-3-6-14(18)8-12/h1-8H,9-11,18H2,(H2,19,21). The zero-order valence-corrected chi connectivity index (χ0v) is 12.4. The molecule has 0 bridgehead atoms. The van der Waals surface area contributed by atoms with E-state index in [0.717, 1.165) is 11.1 Å². The van der Waals surface area contributed by atoms with Crippen molar-refractivity contribution in [2.75, 3.05) is 12.3 Å². The lowest BCUT2D eigenvalue weighted by atomic mass is 10.1. The second-order valence-corrected chi connectivity index (χ2v) is 5.36. The Morgan fingerprint density at radius 2 is 1.86 bits per heavy atom. The number of amides is 1. The summed E-state index contributed by atoms with van der Waals surface area (Å²) in [5.74, 6) is -0.369. The number of carbonyl (C=O) groups is 1. The summed E-state index contributed by atoms with van der Waals surface area (Å²) in [7, 11) is 0. The number of primary amides is 1. The van der Waals surface area contributed by atoms with Gasteiger partial charge in [-0.05, 0) is 29.3 Å².